The molecule has 0 aromatic heterocycles. The molecule has 18 heavy (non-hydrogen) atoms. The van der Waals surface area contributed by atoms with Crippen molar-refractivity contribution in [1.29, 1.82) is 0 Å². The van der Waals surface area contributed by atoms with Gasteiger partial charge in [-0.3, -0.25) is 4.90 Å². The molecule has 1 aliphatic rings. The van der Waals surface area contributed by atoms with Crippen molar-refractivity contribution in [2.75, 3.05) is 13.6 Å². The number of benzene rings is 1. The lowest BCUT2D eigenvalue weighted by atomic mass is 10.1. The van der Waals surface area contributed by atoms with E-state index in [1.807, 2.05) is 11.9 Å². The van der Waals surface area contributed by atoms with Crippen molar-refractivity contribution >= 4 is 12.4 Å². The fourth-order valence-electron chi connectivity index (χ4n) is 2.27. The van der Waals surface area contributed by atoms with Gasteiger partial charge in [0.05, 0.1) is 0 Å². The normalized spacial score (nSPS) is 16.5. The van der Waals surface area contributed by atoms with Gasteiger partial charge in [-0.25, -0.2) is 8.78 Å². The molecule has 0 radical (unpaired) electrons. The summed E-state index contributed by atoms with van der Waals surface area (Å²) in [5.41, 5.74) is 6.12. The van der Waals surface area contributed by atoms with Gasteiger partial charge in [-0.05, 0) is 31.9 Å². The molecule has 0 spiro atoms. The highest BCUT2D eigenvalue weighted by atomic mass is 35.5. The summed E-state index contributed by atoms with van der Waals surface area (Å²) in [6.45, 7) is 0.972. The zero-order chi connectivity index (χ0) is 12.4. The predicted octanol–water partition coefficient (Wildman–Crippen LogP) is 2.56. The molecular weight excluding hydrogens is 258 g/mol. The minimum Gasteiger partial charge on any atom is -0.329 e. The molecule has 1 atom stereocenters. The molecule has 0 aliphatic heterocycles. The summed E-state index contributed by atoms with van der Waals surface area (Å²) in [5.74, 6) is -0.904. The molecule has 1 aliphatic carbocycles. The molecule has 1 unspecified atom stereocenters. The summed E-state index contributed by atoms with van der Waals surface area (Å²) in [6.07, 6.45) is 2.38. The summed E-state index contributed by atoms with van der Waals surface area (Å²) >= 11 is 0. The number of hydrogen-bond donors (Lipinski definition) is 1. The number of nitrogens with two attached hydrogens (primary N) is 1. The molecule has 1 saturated carbocycles. The van der Waals surface area contributed by atoms with Crippen molar-refractivity contribution in [3.8, 4) is 0 Å². The Hall–Kier alpha value is -0.710. The smallest absolute Gasteiger partial charge is 0.163 e. The van der Waals surface area contributed by atoms with E-state index in [9.17, 15) is 8.78 Å². The topological polar surface area (TPSA) is 29.3 Å². The average Bonchev–Trinajstić information content (AvgIpc) is 3.10. The van der Waals surface area contributed by atoms with Crippen LogP contribution in [0.4, 0.5) is 8.78 Å². The predicted molar refractivity (Wildman–Crippen MR) is 70.6 cm³/mol. The standard InChI is InChI=1S/C13H18F2N2.ClH/c1-17(12(7-16)9-5-6-9)8-10-3-2-4-11(14)13(10)15;/h2-4,9,12H,5-8,16H2,1H3;1H. The van der Waals surface area contributed by atoms with Gasteiger partial charge in [-0.1, -0.05) is 12.1 Å². The molecule has 102 valence electrons. The minimum absolute atomic E-state index is 0. The first kappa shape index (κ1) is 15.3. The van der Waals surface area contributed by atoms with Crippen LogP contribution in [0.3, 0.4) is 0 Å². The largest absolute Gasteiger partial charge is 0.329 e. The van der Waals surface area contributed by atoms with Gasteiger partial charge in [0.15, 0.2) is 11.6 Å². The van der Waals surface area contributed by atoms with Crippen LogP contribution < -0.4 is 5.73 Å². The van der Waals surface area contributed by atoms with Crippen molar-refractivity contribution in [1.82, 2.24) is 4.90 Å². The summed E-state index contributed by atoms with van der Waals surface area (Å²) < 4.78 is 26.6. The first-order valence-electron chi connectivity index (χ1n) is 5.96. The number of likely N-dealkylation sites (N-methyl/N-ethyl adjacent to an activating group) is 1. The molecule has 1 aromatic carbocycles. The molecule has 0 saturated heterocycles. The Labute approximate surface area is 113 Å². The van der Waals surface area contributed by atoms with Gasteiger partial charge in [-0.2, -0.15) is 0 Å². The van der Waals surface area contributed by atoms with Gasteiger partial charge >= 0.3 is 0 Å². The highest BCUT2D eigenvalue weighted by Gasteiger charge is 2.32. The summed E-state index contributed by atoms with van der Waals surface area (Å²) in [6, 6.07) is 4.57. The fraction of sp³-hybridized carbons (Fsp3) is 0.538. The number of hydrogen-bond acceptors (Lipinski definition) is 2. The molecule has 1 fully saturated rings. The molecule has 1 aromatic rings. The molecule has 2 rings (SSSR count). The van der Waals surface area contributed by atoms with E-state index in [0.29, 0.717) is 24.6 Å². The maximum atomic E-state index is 13.5. The third kappa shape index (κ3) is 3.40. The summed E-state index contributed by atoms with van der Waals surface area (Å²) in [5, 5.41) is 0. The van der Waals surface area contributed by atoms with Crippen LogP contribution in [0.15, 0.2) is 18.2 Å². The van der Waals surface area contributed by atoms with Crippen molar-refractivity contribution in [2.45, 2.75) is 25.4 Å². The Morgan fingerprint density at radius 3 is 2.61 bits per heavy atom. The van der Waals surface area contributed by atoms with Crippen molar-refractivity contribution in [3.05, 3.63) is 35.4 Å². The van der Waals surface area contributed by atoms with Crippen LogP contribution in [0, 0.1) is 17.6 Å². The van der Waals surface area contributed by atoms with Gasteiger partial charge in [0, 0.05) is 24.7 Å². The first-order valence-corrected chi connectivity index (χ1v) is 5.96. The summed E-state index contributed by atoms with van der Waals surface area (Å²) in [4.78, 5) is 2.02. The lowest BCUT2D eigenvalue weighted by Crippen LogP contribution is -2.39. The van der Waals surface area contributed by atoms with Crippen molar-refractivity contribution in [2.24, 2.45) is 11.7 Å². The van der Waals surface area contributed by atoms with E-state index in [2.05, 4.69) is 0 Å². The van der Waals surface area contributed by atoms with Gasteiger partial charge in [-0.15, -0.1) is 12.4 Å². The van der Waals surface area contributed by atoms with Gasteiger partial charge < -0.3 is 5.73 Å². The van der Waals surface area contributed by atoms with E-state index in [-0.39, 0.29) is 18.4 Å². The van der Waals surface area contributed by atoms with E-state index >= 15 is 0 Å². The van der Waals surface area contributed by atoms with E-state index in [1.54, 1.807) is 6.07 Å². The van der Waals surface area contributed by atoms with Crippen LogP contribution in [-0.4, -0.2) is 24.5 Å². The molecule has 0 heterocycles. The molecule has 0 amide bonds. The average molecular weight is 277 g/mol. The lowest BCUT2D eigenvalue weighted by Gasteiger charge is -2.27. The second-order valence-corrected chi connectivity index (χ2v) is 4.77. The maximum absolute atomic E-state index is 13.5. The van der Waals surface area contributed by atoms with E-state index in [4.69, 9.17) is 5.73 Å². The Morgan fingerprint density at radius 2 is 2.06 bits per heavy atom. The third-order valence-corrected chi connectivity index (χ3v) is 3.43. The second-order valence-electron chi connectivity index (χ2n) is 4.77. The molecule has 5 heteroatoms. The quantitative estimate of drug-likeness (QED) is 0.896. The molecule has 2 nitrogen and oxygen atoms in total. The summed E-state index contributed by atoms with van der Waals surface area (Å²) in [7, 11) is 1.92. The van der Waals surface area contributed by atoms with Crippen molar-refractivity contribution < 1.29 is 8.78 Å². The fourth-order valence-corrected chi connectivity index (χ4v) is 2.27. The molecule has 0 bridgehead atoms. The Balaban J connectivity index is 0.00000162. The van der Waals surface area contributed by atoms with Crippen LogP contribution in [0.2, 0.25) is 0 Å². The number of halogens is 3. The van der Waals surface area contributed by atoms with E-state index < -0.39 is 11.6 Å². The van der Waals surface area contributed by atoms with Gasteiger partial charge in [0.25, 0.3) is 0 Å². The monoisotopic (exact) mass is 276 g/mol. The maximum Gasteiger partial charge on any atom is 0.163 e. The minimum atomic E-state index is -0.786. The molecule has 2 N–H and O–H groups in total. The number of nitrogens with zero attached hydrogens (tertiary/aromatic N) is 1. The SMILES string of the molecule is CN(Cc1cccc(F)c1F)C(CN)C1CC1.Cl. The van der Waals surface area contributed by atoms with Crippen LogP contribution in [-0.2, 0) is 6.54 Å². The van der Waals surface area contributed by atoms with Crippen molar-refractivity contribution in [3.63, 3.8) is 0 Å². The number of rotatable bonds is 5. The zero-order valence-corrected chi connectivity index (χ0v) is 11.2. The lowest BCUT2D eigenvalue weighted by molar-refractivity contribution is 0.212. The zero-order valence-electron chi connectivity index (χ0n) is 10.4. The van der Waals surface area contributed by atoms with Crippen LogP contribution in [0.5, 0.6) is 0 Å². The van der Waals surface area contributed by atoms with Crippen LogP contribution in [0.1, 0.15) is 18.4 Å². The second kappa shape index (κ2) is 6.45. The van der Waals surface area contributed by atoms with E-state index in [1.165, 1.54) is 18.9 Å². The van der Waals surface area contributed by atoms with Gasteiger partial charge in [0.2, 0.25) is 0 Å². The van der Waals surface area contributed by atoms with E-state index in [0.717, 1.165) is 6.07 Å². The Kier molecular flexibility index (Phi) is 5.50. The first-order chi connectivity index (χ1) is 8.13. The van der Waals surface area contributed by atoms with Gasteiger partial charge in [0.1, 0.15) is 0 Å². The Bertz CT molecular complexity index is 397. The highest BCUT2D eigenvalue weighted by molar-refractivity contribution is 5.85. The van der Waals surface area contributed by atoms with Crippen LogP contribution >= 0.6 is 12.4 Å². The molecular formula is C13H19ClF2N2. The van der Waals surface area contributed by atoms with Crippen LogP contribution in [0.25, 0.3) is 0 Å². The Morgan fingerprint density at radius 1 is 1.39 bits per heavy atom. The third-order valence-electron chi connectivity index (χ3n) is 3.43. The highest BCUT2D eigenvalue weighted by Crippen LogP contribution is 2.35.